The monoisotopic (exact) mass is 321 g/mol. The van der Waals surface area contributed by atoms with Crippen molar-refractivity contribution in [3.63, 3.8) is 0 Å². The maximum Gasteiger partial charge on any atom is 0.271 e. The van der Waals surface area contributed by atoms with Crippen molar-refractivity contribution < 1.29 is 9.53 Å². The van der Waals surface area contributed by atoms with Crippen molar-refractivity contribution >= 4 is 5.91 Å². The molecule has 5 heteroatoms. The molecule has 0 radical (unpaired) electrons. The zero-order valence-electron chi connectivity index (χ0n) is 13.5. The van der Waals surface area contributed by atoms with E-state index in [-0.39, 0.29) is 5.91 Å². The second-order valence-corrected chi connectivity index (χ2v) is 5.34. The first-order valence-corrected chi connectivity index (χ1v) is 7.78. The van der Waals surface area contributed by atoms with E-state index in [0.717, 1.165) is 23.4 Å². The molecule has 1 amide bonds. The highest BCUT2D eigenvalue weighted by molar-refractivity contribution is 5.92. The fourth-order valence-electron chi connectivity index (χ4n) is 2.37. The quantitative estimate of drug-likeness (QED) is 0.759. The van der Waals surface area contributed by atoms with Gasteiger partial charge in [-0.1, -0.05) is 30.3 Å². The van der Waals surface area contributed by atoms with Crippen molar-refractivity contribution in [2.24, 2.45) is 0 Å². The highest BCUT2D eigenvalue weighted by Crippen LogP contribution is 2.11. The van der Waals surface area contributed by atoms with Crippen LogP contribution in [0.15, 0.2) is 66.9 Å². The first-order valence-electron chi connectivity index (χ1n) is 7.78. The molecule has 3 aromatic rings. The maximum absolute atomic E-state index is 12.2. The number of nitrogens with one attached hydrogen (secondary N) is 1. The van der Waals surface area contributed by atoms with Gasteiger partial charge >= 0.3 is 0 Å². The average Bonchev–Trinajstić information content (AvgIpc) is 3.13. The van der Waals surface area contributed by atoms with Crippen LogP contribution in [0.2, 0.25) is 0 Å². The first kappa shape index (κ1) is 15.8. The van der Waals surface area contributed by atoms with Crippen LogP contribution >= 0.6 is 0 Å². The number of ether oxygens (including phenoxy) is 1. The number of para-hydroxylation sites is 1. The highest BCUT2D eigenvalue weighted by Gasteiger charge is 2.09. The van der Waals surface area contributed by atoms with Crippen molar-refractivity contribution in [2.45, 2.75) is 6.42 Å². The molecule has 1 N–H and O–H groups in total. The van der Waals surface area contributed by atoms with Crippen LogP contribution in [0.1, 0.15) is 16.1 Å². The zero-order valence-corrected chi connectivity index (χ0v) is 13.5. The Morgan fingerprint density at radius 1 is 1.08 bits per heavy atom. The van der Waals surface area contributed by atoms with Gasteiger partial charge in [0.25, 0.3) is 5.91 Å². The summed E-state index contributed by atoms with van der Waals surface area (Å²) in [5, 5.41) is 7.21. The molecule has 122 valence electrons. The van der Waals surface area contributed by atoms with Gasteiger partial charge in [-0.2, -0.15) is 5.10 Å². The third kappa shape index (κ3) is 3.81. The largest absolute Gasteiger partial charge is 0.497 e. The minimum absolute atomic E-state index is 0.168. The Morgan fingerprint density at radius 3 is 2.54 bits per heavy atom. The molecule has 1 aromatic heterocycles. The minimum Gasteiger partial charge on any atom is -0.497 e. The second-order valence-electron chi connectivity index (χ2n) is 5.34. The van der Waals surface area contributed by atoms with Crippen LogP contribution in [-0.4, -0.2) is 29.3 Å². The van der Waals surface area contributed by atoms with Gasteiger partial charge in [-0.05, 0) is 42.3 Å². The summed E-state index contributed by atoms with van der Waals surface area (Å²) < 4.78 is 6.82. The summed E-state index contributed by atoms with van der Waals surface area (Å²) in [6.07, 6.45) is 2.54. The summed E-state index contributed by atoms with van der Waals surface area (Å²) in [5.74, 6) is 0.660. The SMILES string of the molecule is COc1ccc(CCNC(=O)c2ccn(-c3ccccc3)n2)cc1. The molecule has 0 saturated heterocycles. The smallest absolute Gasteiger partial charge is 0.271 e. The van der Waals surface area contributed by atoms with Gasteiger partial charge in [0.2, 0.25) is 0 Å². The van der Waals surface area contributed by atoms with Crippen molar-refractivity contribution in [3.8, 4) is 11.4 Å². The molecule has 0 aliphatic rings. The van der Waals surface area contributed by atoms with Gasteiger partial charge in [-0.3, -0.25) is 4.79 Å². The van der Waals surface area contributed by atoms with E-state index in [1.54, 1.807) is 24.1 Å². The van der Waals surface area contributed by atoms with Gasteiger partial charge < -0.3 is 10.1 Å². The fraction of sp³-hybridized carbons (Fsp3) is 0.158. The van der Waals surface area contributed by atoms with E-state index in [4.69, 9.17) is 4.74 Å². The molecule has 0 saturated carbocycles. The predicted octanol–water partition coefficient (Wildman–Crippen LogP) is 2.85. The first-order chi connectivity index (χ1) is 11.8. The standard InChI is InChI=1S/C19H19N3O2/c1-24-17-9-7-15(8-10-17)11-13-20-19(23)18-12-14-22(21-18)16-5-3-2-4-6-16/h2-10,12,14H,11,13H2,1H3,(H,20,23). The third-order valence-corrected chi connectivity index (χ3v) is 3.70. The van der Waals surface area contributed by atoms with E-state index in [9.17, 15) is 4.79 Å². The van der Waals surface area contributed by atoms with Crippen LogP contribution < -0.4 is 10.1 Å². The van der Waals surface area contributed by atoms with Crippen molar-refractivity contribution in [2.75, 3.05) is 13.7 Å². The summed E-state index contributed by atoms with van der Waals surface area (Å²) in [4.78, 5) is 12.2. The predicted molar refractivity (Wildman–Crippen MR) is 92.6 cm³/mol. The minimum atomic E-state index is -0.168. The van der Waals surface area contributed by atoms with Crippen molar-refractivity contribution in [3.05, 3.63) is 78.1 Å². The Kier molecular flexibility index (Phi) is 4.91. The molecule has 0 aliphatic heterocycles. The molecule has 24 heavy (non-hydrogen) atoms. The zero-order chi connectivity index (χ0) is 16.8. The molecule has 0 fully saturated rings. The number of hydrogen-bond acceptors (Lipinski definition) is 3. The highest BCUT2D eigenvalue weighted by atomic mass is 16.5. The number of rotatable bonds is 6. The van der Waals surface area contributed by atoms with Crippen LogP contribution in [-0.2, 0) is 6.42 Å². The Labute approximate surface area is 140 Å². The van der Waals surface area contributed by atoms with Gasteiger partial charge in [-0.15, -0.1) is 0 Å². The molecule has 2 aromatic carbocycles. The molecule has 0 bridgehead atoms. The van der Waals surface area contributed by atoms with Crippen LogP contribution in [0.25, 0.3) is 5.69 Å². The topological polar surface area (TPSA) is 56.1 Å². The summed E-state index contributed by atoms with van der Waals surface area (Å²) in [6.45, 7) is 0.559. The van der Waals surface area contributed by atoms with E-state index < -0.39 is 0 Å². The number of methoxy groups -OCH3 is 1. The molecule has 0 unspecified atom stereocenters. The van der Waals surface area contributed by atoms with E-state index in [1.165, 1.54) is 0 Å². The lowest BCUT2D eigenvalue weighted by atomic mass is 10.1. The normalized spacial score (nSPS) is 10.4. The lowest BCUT2D eigenvalue weighted by molar-refractivity contribution is 0.0948. The van der Waals surface area contributed by atoms with Crippen LogP contribution in [0.3, 0.4) is 0 Å². The molecular formula is C19H19N3O2. The Morgan fingerprint density at radius 2 is 1.83 bits per heavy atom. The van der Waals surface area contributed by atoms with Gasteiger partial charge in [-0.25, -0.2) is 4.68 Å². The average molecular weight is 321 g/mol. The molecule has 0 atom stereocenters. The number of benzene rings is 2. The number of carbonyl (C=O) groups excluding carboxylic acids is 1. The Bertz CT molecular complexity index is 795. The van der Waals surface area contributed by atoms with Crippen LogP contribution in [0.4, 0.5) is 0 Å². The van der Waals surface area contributed by atoms with Crippen LogP contribution in [0.5, 0.6) is 5.75 Å². The summed E-state index contributed by atoms with van der Waals surface area (Å²) >= 11 is 0. The van der Waals surface area contributed by atoms with Crippen LogP contribution in [0, 0.1) is 0 Å². The van der Waals surface area contributed by atoms with Crippen molar-refractivity contribution in [1.82, 2.24) is 15.1 Å². The van der Waals surface area contributed by atoms with E-state index in [2.05, 4.69) is 10.4 Å². The molecule has 5 nitrogen and oxygen atoms in total. The molecule has 0 aliphatic carbocycles. The summed E-state index contributed by atoms with van der Waals surface area (Å²) in [7, 11) is 1.64. The van der Waals surface area contributed by atoms with Gasteiger partial charge in [0.1, 0.15) is 5.75 Å². The number of nitrogens with zero attached hydrogens (tertiary/aromatic N) is 2. The molecule has 0 spiro atoms. The number of carbonyl (C=O) groups is 1. The second kappa shape index (κ2) is 7.46. The van der Waals surface area contributed by atoms with E-state index in [1.807, 2.05) is 54.6 Å². The van der Waals surface area contributed by atoms with E-state index >= 15 is 0 Å². The molecular weight excluding hydrogens is 302 g/mol. The molecule has 1 heterocycles. The third-order valence-electron chi connectivity index (χ3n) is 3.70. The van der Waals surface area contributed by atoms with Gasteiger partial charge in [0.15, 0.2) is 5.69 Å². The van der Waals surface area contributed by atoms with Gasteiger partial charge in [0, 0.05) is 12.7 Å². The molecule has 3 rings (SSSR count). The lowest BCUT2D eigenvalue weighted by Crippen LogP contribution is -2.26. The Hall–Kier alpha value is -3.08. The van der Waals surface area contributed by atoms with Crippen molar-refractivity contribution in [1.29, 1.82) is 0 Å². The Balaban J connectivity index is 1.54. The number of hydrogen-bond donors (Lipinski definition) is 1. The lowest BCUT2D eigenvalue weighted by Gasteiger charge is -2.05. The van der Waals surface area contributed by atoms with E-state index in [0.29, 0.717) is 12.2 Å². The summed E-state index contributed by atoms with van der Waals surface area (Å²) in [5.41, 5.74) is 2.48. The number of aromatic nitrogens is 2. The summed E-state index contributed by atoms with van der Waals surface area (Å²) in [6, 6.07) is 19.2. The number of amides is 1. The van der Waals surface area contributed by atoms with Gasteiger partial charge in [0.05, 0.1) is 12.8 Å². The maximum atomic E-state index is 12.2. The fourth-order valence-corrected chi connectivity index (χ4v) is 2.37.